The molecule has 1 heterocycles. The van der Waals surface area contributed by atoms with Crippen LogP contribution in [-0.2, 0) is 6.42 Å². The van der Waals surface area contributed by atoms with E-state index < -0.39 is 0 Å². The van der Waals surface area contributed by atoms with Crippen LogP contribution in [0, 0.1) is 17.4 Å². The summed E-state index contributed by atoms with van der Waals surface area (Å²) in [6, 6.07) is 5.18. The number of rotatable bonds is 2. The largest absolute Gasteiger partial charge is 0.346 e. The van der Waals surface area contributed by atoms with Gasteiger partial charge in [0.1, 0.15) is 10.5 Å². The van der Waals surface area contributed by atoms with Crippen molar-refractivity contribution in [2.45, 2.75) is 20.3 Å². The first-order valence-corrected chi connectivity index (χ1v) is 5.87. The highest BCUT2D eigenvalue weighted by Crippen LogP contribution is 2.23. The molecule has 0 amide bonds. The normalized spacial score (nSPS) is 10.5. The number of H-pyrrole nitrogens is 1. The minimum atomic E-state index is -0.208. The summed E-state index contributed by atoms with van der Waals surface area (Å²) in [5.74, 6) is -0.208. The molecule has 0 aliphatic rings. The number of halogens is 1. The summed E-state index contributed by atoms with van der Waals surface area (Å²) in [6.45, 7) is 3.75. The van der Waals surface area contributed by atoms with Gasteiger partial charge in [-0.2, -0.15) is 0 Å². The van der Waals surface area contributed by atoms with E-state index in [-0.39, 0.29) is 5.82 Å². The van der Waals surface area contributed by atoms with Crippen LogP contribution < -0.4 is 0 Å². The second-order valence-electron chi connectivity index (χ2n) is 3.88. The van der Waals surface area contributed by atoms with Crippen molar-refractivity contribution in [3.63, 3.8) is 0 Å². The Hall–Kier alpha value is -1.55. The maximum atomic E-state index is 13.5. The van der Waals surface area contributed by atoms with Crippen LogP contribution in [0.2, 0.25) is 0 Å². The van der Waals surface area contributed by atoms with Crippen LogP contribution in [0.15, 0.2) is 24.5 Å². The van der Waals surface area contributed by atoms with Gasteiger partial charge in [-0.1, -0.05) is 31.3 Å². The second kappa shape index (κ2) is 4.75. The number of hydrogen-bond donors (Lipinski definition) is 1. The van der Waals surface area contributed by atoms with Crippen molar-refractivity contribution in [3.05, 3.63) is 46.1 Å². The molecule has 4 heteroatoms. The maximum Gasteiger partial charge on any atom is 0.133 e. The van der Waals surface area contributed by atoms with Gasteiger partial charge in [0.15, 0.2) is 0 Å². The second-order valence-corrected chi connectivity index (χ2v) is 4.27. The Labute approximate surface area is 105 Å². The molecule has 1 N–H and O–H groups in total. The molecule has 2 aromatic rings. The lowest BCUT2D eigenvalue weighted by Gasteiger charge is -2.08. The Balaban J connectivity index is 2.64. The summed E-state index contributed by atoms with van der Waals surface area (Å²) in [7, 11) is 0. The van der Waals surface area contributed by atoms with Gasteiger partial charge in [-0.25, -0.2) is 9.37 Å². The first-order chi connectivity index (χ1) is 8.13. The summed E-state index contributed by atoms with van der Waals surface area (Å²) in [5.41, 5.74) is 3.25. The fraction of sp³-hybridized carbons (Fsp3) is 0.231. The summed E-state index contributed by atoms with van der Waals surface area (Å²) in [6.07, 6.45) is 2.32. The third-order valence-electron chi connectivity index (χ3n) is 2.76. The monoisotopic (exact) mass is 248 g/mol. The Morgan fingerprint density at radius 3 is 2.82 bits per heavy atom. The maximum absolute atomic E-state index is 13.5. The quantitative estimate of drug-likeness (QED) is 0.818. The number of aryl methyl sites for hydroxylation is 1. The third-order valence-corrected chi connectivity index (χ3v) is 3.12. The Morgan fingerprint density at radius 2 is 2.18 bits per heavy atom. The van der Waals surface area contributed by atoms with Crippen LogP contribution in [0.1, 0.15) is 18.1 Å². The molecule has 2 nitrogen and oxygen atoms in total. The van der Waals surface area contributed by atoms with Crippen molar-refractivity contribution >= 4 is 12.2 Å². The number of nitrogens with one attached hydrogen (secondary N) is 1. The molecule has 0 unspecified atom stereocenters. The molecule has 2 rings (SSSR count). The van der Waals surface area contributed by atoms with E-state index in [1.165, 1.54) is 6.07 Å². The molecule has 0 aliphatic heterocycles. The van der Waals surface area contributed by atoms with Crippen molar-refractivity contribution in [1.29, 1.82) is 0 Å². The highest BCUT2D eigenvalue weighted by molar-refractivity contribution is 7.71. The van der Waals surface area contributed by atoms with Crippen LogP contribution in [0.25, 0.3) is 11.3 Å². The van der Waals surface area contributed by atoms with Gasteiger partial charge in [-0.3, -0.25) is 0 Å². The molecule has 0 atom stereocenters. The van der Waals surface area contributed by atoms with E-state index in [1.807, 2.05) is 13.0 Å². The summed E-state index contributed by atoms with van der Waals surface area (Å²) < 4.78 is 14.1. The summed E-state index contributed by atoms with van der Waals surface area (Å²) in [5, 5.41) is 0. The van der Waals surface area contributed by atoms with Crippen LogP contribution in [0.3, 0.4) is 0 Å². The average Bonchev–Trinajstić information content (AvgIpc) is 2.32. The van der Waals surface area contributed by atoms with Crippen molar-refractivity contribution in [1.82, 2.24) is 9.97 Å². The van der Waals surface area contributed by atoms with Crippen molar-refractivity contribution in [3.8, 4) is 11.3 Å². The number of aromatic amines is 1. The molecular formula is C13H13FN2S. The zero-order valence-electron chi connectivity index (χ0n) is 9.75. The number of nitrogens with zero attached hydrogens (tertiary/aromatic N) is 1. The van der Waals surface area contributed by atoms with Crippen LogP contribution in [-0.4, -0.2) is 9.97 Å². The van der Waals surface area contributed by atoms with Crippen molar-refractivity contribution in [2.75, 3.05) is 0 Å². The summed E-state index contributed by atoms with van der Waals surface area (Å²) in [4.78, 5) is 7.09. The van der Waals surface area contributed by atoms with E-state index >= 15 is 0 Å². The number of benzene rings is 1. The smallest absolute Gasteiger partial charge is 0.133 e. The van der Waals surface area contributed by atoms with Crippen molar-refractivity contribution in [2.24, 2.45) is 0 Å². The lowest BCUT2D eigenvalue weighted by molar-refractivity contribution is 0.619. The highest BCUT2D eigenvalue weighted by atomic mass is 32.1. The fourth-order valence-electron chi connectivity index (χ4n) is 1.76. The molecule has 0 bridgehead atoms. The average molecular weight is 248 g/mol. The molecule has 88 valence electrons. The van der Waals surface area contributed by atoms with Crippen LogP contribution in [0.5, 0.6) is 0 Å². The van der Waals surface area contributed by atoms with Crippen molar-refractivity contribution < 1.29 is 4.39 Å². The Bertz CT molecular complexity index is 605. The predicted molar refractivity (Wildman–Crippen MR) is 68.9 cm³/mol. The standard InChI is InChI=1S/C13H13FN2S/c1-3-10-12(15-7-16-13(10)17)9-5-4-8(2)11(14)6-9/h4-7H,3H2,1-2H3,(H,15,16,17). The van der Waals surface area contributed by atoms with Gasteiger partial charge in [0.05, 0.1) is 12.0 Å². The van der Waals surface area contributed by atoms with Gasteiger partial charge in [0, 0.05) is 11.1 Å². The third kappa shape index (κ3) is 2.26. The Morgan fingerprint density at radius 1 is 1.41 bits per heavy atom. The van der Waals surface area contributed by atoms with Gasteiger partial charge in [0.2, 0.25) is 0 Å². The van der Waals surface area contributed by atoms with Gasteiger partial charge < -0.3 is 4.98 Å². The molecule has 17 heavy (non-hydrogen) atoms. The molecule has 0 fully saturated rings. The fourth-order valence-corrected chi connectivity index (χ4v) is 2.06. The molecule has 0 saturated heterocycles. The topological polar surface area (TPSA) is 28.7 Å². The molecule has 1 aromatic heterocycles. The SMILES string of the molecule is CCc1c(-c2ccc(C)c(F)c2)[nH]cnc1=S. The molecular weight excluding hydrogens is 235 g/mol. The number of hydrogen-bond acceptors (Lipinski definition) is 2. The van der Waals surface area contributed by atoms with E-state index in [0.717, 1.165) is 23.2 Å². The molecule has 0 aliphatic carbocycles. The first kappa shape index (κ1) is 11.9. The van der Waals surface area contributed by atoms with E-state index in [0.29, 0.717) is 10.2 Å². The van der Waals surface area contributed by atoms with E-state index in [4.69, 9.17) is 12.2 Å². The molecule has 0 radical (unpaired) electrons. The number of aromatic nitrogens is 2. The van der Waals surface area contributed by atoms with Gasteiger partial charge in [-0.05, 0) is 25.0 Å². The van der Waals surface area contributed by atoms with E-state index in [2.05, 4.69) is 9.97 Å². The zero-order chi connectivity index (χ0) is 12.4. The van der Waals surface area contributed by atoms with Gasteiger partial charge >= 0.3 is 0 Å². The lowest BCUT2D eigenvalue weighted by Crippen LogP contribution is -1.96. The van der Waals surface area contributed by atoms with Crippen LogP contribution in [0.4, 0.5) is 4.39 Å². The van der Waals surface area contributed by atoms with Crippen LogP contribution >= 0.6 is 12.2 Å². The molecule has 1 aromatic carbocycles. The van der Waals surface area contributed by atoms with Gasteiger partial charge in [-0.15, -0.1) is 0 Å². The molecule has 0 spiro atoms. The Kier molecular flexibility index (Phi) is 3.33. The minimum absolute atomic E-state index is 0.208. The highest BCUT2D eigenvalue weighted by Gasteiger charge is 2.08. The minimum Gasteiger partial charge on any atom is -0.346 e. The summed E-state index contributed by atoms with van der Waals surface area (Å²) >= 11 is 5.17. The zero-order valence-corrected chi connectivity index (χ0v) is 10.6. The first-order valence-electron chi connectivity index (χ1n) is 5.46. The van der Waals surface area contributed by atoms with E-state index in [1.54, 1.807) is 19.3 Å². The van der Waals surface area contributed by atoms with Gasteiger partial charge in [0.25, 0.3) is 0 Å². The molecule has 0 saturated carbocycles. The predicted octanol–water partition coefficient (Wildman–Crippen LogP) is 3.82. The van der Waals surface area contributed by atoms with E-state index in [9.17, 15) is 4.39 Å². The lowest BCUT2D eigenvalue weighted by atomic mass is 10.0.